The van der Waals surface area contributed by atoms with E-state index in [1.807, 2.05) is 0 Å². The first kappa shape index (κ1) is 28.8. The molecule has 1 aliphatic heterocycles. The molecule has 2 amide bonds. The maximum absolute atomic E-state index is 12.7. The summed E-state index contributed by atoms with van der Waals surface area (Å²) in [4.78, 5) is 41.0. The third kappa shape index (κ3) is 8.34. The fourth-order valence-electron chi connectivity index (χ4n) is 3.38. The Morgan fingerprint density at radius 3 is 2.46 bits per heavy atom. The predicted molar refractivity (Wildman–Crippen MR) is 133 cm³/mol. The van der Waals surface area contributed by atoms with Crippen molar-refractivity contribution in [2.45, 2.75) is 31.7 Å². The van der Waals surface area contributed by atoms with Crippen LogP contribution in [0.15, 0.2) is 53.5 Å². The van der Waals surface area contributed by atoms with Gasteiger partial charge in [0.2, 0.25) is 5.91 Å². The molecule has 0 saturated carbocycles. The van der Waals surface area contributed by atoms with Gasteiger partial charge < -0.3 is 32.5 Å². The van der Waals surface area contributed by atoms with E-state index in [2.05, 4.69) is 26.6 Å². The van der Waals surface area contributed by atoms with Crippen LogP contribution in [0.4, 0.5) is 11.4 Å². The standard InChI is InChI=1S/C23H26N6O4S.Y/c24-29-25-12-4-3-7-19(30)26-15-10-8-14(9-11-15)13-18(23(32)33)28-22(31)20-21(34)16-5-1-2-6-17(16)27-20;/h1-2,5-6,8-11,18H,3-4,7,12-13H2,(H7,24,25,26,27,28,29,30,31,32,33,34);/p-1. The van der Waals surface area contributed by atoms with Crippen molar-refractivity contribution >= 4 is 52.0 Å². The van der Waals surface area contributed by atoms with Gasteiger partial charge in [-0.05, 0) is 43.1 Å². The van der Waals surface area contributed by atoms with Crippen molar-refractivity contribution in [1.82, 2.24) is 10.7 Å². The number of para-hydroxylation sites is 1. The number of hydrogen-bond donors (Lipinski definition) is 5. The number of rotatable bonds is 12. The fraction of sp³-hybridized carbons (Fsp3) is 0.261. The third-order valence-electron chi connectivity index (χ3n) is 5.13. The van der Waals surface area contributed by atoms with Gasteiger partial charge in [0.05, 0.1) is 10.6 Å². The molecule has 2 aromatic rings. The monoisotopic (exact) mass is 570 g/mol. The molecule has 12 heteroatoms. The molecule has 6 N–H and O–H groups in total. The van der Waals surface area contributed by atoms with Crippen LogP contribution in [0.25, 0.3) is 5.53 Å². The van der Waals surface area contributed by atoms with Crippen LogP contribution in [0.3, 0.4) is 0 Å². The number of thiocarbonyl (C=S) groups is 1. The Kier molecular flexibility index (Phi) is 11.7. The Bertz CT molecular complexity index is 1110. The van der Waals surface area contributed by atoms with Crippen LogP contribution < -0.4 is 21.9 Å². The molecule has 0 aliphatic carbocycles. The number of nitrogens with zero attached hydrogens (tertiary/aromatic N) is 2. The van der Waals surface area contributed by atoms with Gasteiger partial charge in [0.25, 0.3) is 5.91 Å². The number of nitrogens with two attached hydrogens (primary N) is 1. The number of hydrogen-bond acceptors (Lipinski definition) is 7. The zero-order valence-electron chi connectivity index (χ0n) is 18.9. The van der Waals surface area contributed by atoms with Crippen molar-refractivity contribution in [3.63, 3.8) is 0 Å². The van der Waals surface area contributed by atoms with Crippen LogP contribution in [-0.2, 0) is 53.5 Å². The van der Waals surface area contributed by atoms with Gasteiger partial charge in [-0.2, -0.15) is 0 Å². The molecular formula is C23H25N6O4SY-. The Morgan fingerprint density at radius 1 is 1.09 bits per heavy atom. The SMILES string of the molecule is N[N-]NCCCCC(=O)Nc1ccc(CC(NC(=O)C2=Nc3ccccc3C2=S)C(=O)O)cc1.[Y]. The van der Waals surface area contributed by atoms with Crippen molar-refractivity contribution in [2.75, 3.05) is 11.9 Å². The first-order valence-electron chi connectivity index (χ1n) is 10.7. The molecule has 0 spiro atoms. The second-order valence-electron chi connectivity index (χ2n) is 7.61. The van der Waals surface area contributed by atoms with Crippen LogP contribution in [0.5, 0.6) is 0 Å². The number of carboxylic acids is 1. The smallest absolute Gasteiger partial charge is 0.326 e. The molecule has 1 heterocycles. The first-order valence-corrected chi connectivity index (χ1v) is 11.1. The predicted octanol–water partition coefficient (Wildman–Crippen LogP) is 2.16. The van der Waals surface area contributed by atoms with Crippen LogP contribution in [-0.4, -0.2) is 46.1 Å². The fourth-order valence-corrected chi connectivity index (χ4v) is 3.69. The average Bonchev–Trinajstić information content (AvgIpc) is 3.16. The van der Waals surface area contributed by atoms with E-state index in [0.29, 0.717) is 46.8 Å². The van der Waals surface area contributed by atoms with Crippen molar-refractivity contribution < 1.29 is 52.2 Å². The number of aliphatic imine (C=N–C) groups is 1. The van der Waals surface area contributed by atoms with Crippen LogP contribution in [0, 0.1) is 0 Å². The van der Waals surface area contributed by atoms with Crippen LogP contribution >= 0.6 is 12.2 Å². The zero-order valence-corrected chi connectivity index (χ0v) is 22.5. The molecule has 3 rings (SSSR count). The van der Waals surface area contributed by atoms with Gasteiger partial charge in [-0.25, -0.2) is 9.79 Å². The quantitative estimate of drug-likeness (QED) is 0.113. The number of anilines is 1. The first-order chi connectivity index (χ1) is 16.4. The van der Waals surface area contributed by atoms with Crippen molar-refractivity contribution in [3.8, 4) is 0 Å². The molecule has 1 unspecified atom stereocenters. The van der Waals surface area contributed by atoms with Crippen LogP contribution in [0.2, 0.25) is 0 Å². The van der Waals surface area contributed by atoms with Gasteiger partial charge in [-0.15, -0.1) is 0 Å². The van der Waals surface area contributed by atoms with E-state index < -0.39 is 17.9 Å². The molecule has 0 fully saturated rings. The summed E-state index contributed by atoms with van der Waals surface area (Å²) in [5.41, 5.74) is 8.49. The summed E-state index contributed by atoms with van der Waals surface area (Å²) in [5.74, 6) is 3.05. The minimum absolute atomic E-state index is 0. The molecule has 0 saturated heterocycles. The largest absolute Gasteiger partial charge is 0.536 e. The normalized spacial score (nSPS) is 12.7. The molecule has 1 aliphatic rings. The topological polar surface area (TPSA) is 160 Å². The minimum atomic E-state index is -1.18. The summed E-state index contributed by atoms with van der Waals surface area (Å²) in [6.45, 7) is 0.603. The van der Waals surface area contributed by atoms with E-state index in [-0.39, 0.29) is 50.7 Å². The second kappa shape index (κ2) is 14.2. The Balaban J connectivity index is 0.00000432. The molecule has 10 nitrogen and oxygen atoms in total. The Labute approximate surface area is 233 Å². The molecule has 181 valence electrons. The number of amides is 2. The number of carbonyl (C=O) groups is 3. The minimum Gasteiger partial charge on any atom is -0.536 e. The number of carboxylic acid groups (broad SMARTS) is 1. The summed E-state index contributed by atoms with van der Waals surface area (Å²) in [6, 6.07) is 12.7. The average molecular weight is 570 g/mol. The van der Waals surface area contributed by atoms with Gasteiger partial charge >= 0.3 is 5.97 Å². The Hall–Kier alpha value is -2.41. The van der Waals surface area contributed by atoms with Gasteiger partial charge in [0, 0.05) is 56.8 Å². The van der Waals surface area contributed by atoms with Crippen molar-refractivity contribution in [3.05, 3.63) is 65.2 Å². The molecular weight excluding hydrogens is 545 g/mol. The summed E-state index contributed by atoms with van der Waals surface area (Å²) >= 11 is 5.33. The maximum atomic E-state index is 12.7. The second-order valence-corrected chi connectivity index (χ2v) is 8.02. The number of benzene rings is 2. The number of aliphatic carboxylic acids is 1. The van der Waals surface area contributed by atoms with Crippen molar-refractivity contribution in [2.24, 2.45) is 10.8 Å². The van der Waals surface area contributed by atoms with E-state index in [1.54, 1.807) is 48.5 Å². The maximum Gasteiger partial charge on any atom is 0.326 e. The number of unbranched alkanes of at least 4 members (excludes halogenated alkanes) is 1. The summed E-state index contributed by atoms with van der Waals surface area (Å²) in [7, 11) is 0. The summed E-state index contributed by atoms with van der Waals surface area (Å²) in [6.07, 6.45) is 1.86. The van der Waals surface area contributed by atoms with Gasteiger partial charge in [-0.1, -0.05) is 42.5 Å². The van der Waals surface area contributed by atoms with Crippen molar-refractivity contribution in [1.29, 1.82) is 0 Å². The van der Waals surface area contributed by atoms with Gasteiger partial charge in [0.1, 0.15) is 11.8 Å². The molecule has 0 aromatic heterocycles. The van der Waals surface area contributed by atoms with Gasteiger partial charge in [-0.3, -0.25) is 9.59 Å². The Morgan fingerprint density at radius 2 is 1.80 bits per heavy atom. The number of carbonyl (C=O) groups excluding carboxylic acids is 2. The zero-order chi connectivity index (χ0) is 24.5. The molecule has 1 radical (unpaired) electrons. The molecule has 35 heavy (non-hydrogen) atoms. The molecule has 1 atom stereocenters. The van der Waals surface area contributed by atoms with E-state index in [0.717, 1.165) is 6.42 Å². The summed E-state index contributed by atoms with van der Waals surface area (Å²) < 4.78 is 0. The van der Waals surface area contributed by atoms with E-state index in [9.17, 15) is 19.5 Å². The molecule has 0 bridgehead atoms. The number of fused-ring (bicyclic) bond motifs is 1. The van der Waals surface area contributed by atoms with E-state index in [4.69, 9.17) is 18.1 Å². The molecule has 2 aromatic carbocycles. The van der Waals surface area contributed by atoms with Gasteiger partial charge in [0.15, 0.2) is 0 Å². The van der Waals surface area contributed by atoms with E-state index >= 15 is 0 Å². The van der Waals surface area contributed by atoms with Crippen LogP contribution in [0.1, 0.15) is 30.4 Å². The third-order valence-corrected chi connectivity index (χ3v) is 5.54. The number of nitrogens with one attached hydrogen (secondary N) is 3. The van der Waals surface area contributed by atoms with E-state index in [1.165, 1.54) is 0 Å². The summed E-state index contributed by atoms with van der Waals surface area (Å²) in [5, 5.41) is 14.9.